The predicted molar refractivity (Wildman–Crippen MR) is 68.8 cm³/mol. The number of nitrogens with one attached hydrogen (secondary N) is 1. The normalized spacial score (nSPS) is 19.2. The lowest BCUT2D eigenvalue weighted by Gasteiger charge is -2.35. The van der Waals surface area contributed by atoms with Crippen molar-refractivity contribution in [1.29, 1.82) is 0 Å². The Morgan fingerprint density at radius 3 is 2.45 bits per heavy atom. The van der Waals surface area contributed by atoms with E-state index in [2.05, 4.69) is 5.32 Å². The molecule has 108 valence electrons. The number of amides is 2. The molecule has 0 aromatic heterocycles. The molecular formula is C13H15F2N3O2. The van der Waals surface area contributed by atoms with Crippen molar-refractivity contribution in [3.05, 3.63) is 29.3 Å². The van der Waals surface area contributed by atoms with Crippen molar-refractivity contribution in [2.24, 2.45) is 5.73 Å². The number of nitrogens with two attached hydrogens (primary N) is 1. The molecule has 2 amide bonds. The zero-order chi connectivity index (χ0) is 14.9. The Morgan fingerprint density at radius 2 is 1.95 bits per heavy atom. The molecule has 0 bridgehead atoms. The summed E-state index contributed by atoms with van der Waals surface area (Å²) in [7, 11) is 0. The van der Waals surface area contributed by atoms with Crippen molar-refractivity contribution in [3.63, 3.8) is 0 Å². The number of benzene rings is 1. The Kier molecular flexibility index (Phi) is 3.99. The quantitative estimate of drug-likeness (QED) is 0.799. The Bertz CT molecular complexity index is 540. The molecule has 1 aromatic rings. The Labute approximate surface area is 114 Å². The van der Waals surface area contributed by atoms with E-state index in [1.807, 2.05) is 0 Å². The van der Waals surface area contributed by atoms with Crippen molar-refractivity contribution < 1.29 is 18.4 Å². The van der Waals surface area contributed by atoms with Gasteiger partial charge in [0.2, 0.25) is 11.8 Å². The van der Waals surface area contributed by atoms with Gasteiger partial charge in [-0.3, -0.25) is 14.9 Å². The lowest BCUT2D eigenvalue weighted by atomic mass is 10.1. The van der Waals surface area contributed by atoms with Crippen LogP contribution in [0.25, 0.3) is 0 Å². The van der Waals surface area contributed by atoms with Gasteiger partial charge in [-0.15, -0.1) is 0 Å². The molecule has 1 heterocycles. The van der Waals surface area contributed by atoms with Crippen LogP contribution in [-0.4, -0.2) is 24.4 Å². The van der Waals surface area contributed by atoms with Crippen molar-refractivity contribution in [2.75, 3.05) is 11.4 Å². The smallest absolute Gasteiger partial charge is 0.249 e. The summed E-state index contributed by atoms with van der Waals surface area (Å²) in [5.41, 5.74) is 5.29. The fraction of sp³-hybridized carbons (Fsp3) is 0.385. The fourth-order valence-electron chi connectivity index (χ4n) is 2.32. The number of carbonyl (C=O) groups is 2. The Hall–Kier alpha value is -2.02. The van der Waals surface area contributed by atoms with E-state index in [1.165, 1.54) is 0 Å². The minimum atomic E-state index is -0.827. The van der Waals surface area contributed by atoms with Crippen LogP contribution in [0.1, 0.15) is 18.9 Å². The van der Waals surface area contributed by atoms with Crippen LogP contribution in [0.2, 0.25) is 0 Å². The summed E-state index contributed by atoms with van der Waals surface area (Å²) in [4.78, 5) is 24.3. The lowest BCUT2D eigenvalue weighted by Crippen LogP contribution is -2.58. The summed E-state index contributed by atoms with van der Waals surface area (Å²) in [5, 5.41) is 2.16. The van der Waals surface area contributed by atoms with Gasteiger partial charge >= 0.3 is 0 Å². The van der Waals surface area contributed by atoms with Gasteiger partial charge in [0.15, 0.2) is 0 Å². The number of halogens is 2. The van der Waals surface area contributed by atoms with Crippen molar-refractivity contribution >= 4 is 17.5 Å². The summed E-state index contributed by atoms with van der Waals surface area (Å²) in [5.74, 6) is -2.79. The molecule has 0 radical (unpaired) electrons. The first kappa shape index (κ1) is 14.4. The number of hydrogen-bond acceptors (Lipinski definition) is 4. The van der Waals surface area contributed by atoms with Gasteiger partial charge in [0.1, 0.15) is 23.4 Å². The first-order valence-corrected chi connectivity index (χ1v) is 6.26. The second-order valence-electron chi connectivity index (χ2n) is 4.58. The highest BCUT2D eigenvalue weighted by Gasteiger charge is 2.35. The van der Waals surface area contributed by atoms with E-state index in [0.29, 0.717) is 12.0 Å². The number of hydrogen-bond donors (Lipinski definition) is 2. The van der Waals surface area contributed by atoms with Crippen LogP contribution in [0, 0.1) is 11.6 Å². The number of nitrogens with zero attached hydrogens (tertiary/aromatic N) is 1. The highest BCUT2D eigenvalue weighted by Crippen LogP contribution is 2.28. The maximum absolute atomic E-state index is 14.1. The van der Waals surface area contributed by atoms with E-state index in [-0.39, 0.29) is 18.8 Å². The predicted octanol–water partition coefficient (Wildman–Crippen LogP) is 0.665. The average Bonchev–Trinajstić information content (AvgIpc) is 2.37. The molecule has 1 aliphatic rings. The van der Waals surface area contributed by atoms with E-state index in [4.69, 9.17) is 5.73 Å². The van der Waals surface area contributed by atoms with Gasteiger partial charge in [-0.25, -0.2) is 8.78 Å². The third-order valence-corrected chi connectivity index (χ3v) is 3.24. The molecule has 7 heteroatoms. The van der Waals surface area contributed by atoms with E-state index in [0.717, 1.165) is 17.0 Å². The third kappa shape index (κ3) is 2.49. The summed E-state index contributed by atoms with van der Waals surface area (Å²) in [6, 6.07) is 1.45. The van der Waals surface area contributed by atoms with E-state index >= 15 is 0 Å². The number of carbonyl (C=O) groups excluding carboxylic acids is 2. The molecule has 0 aliphatic carbocycles. The van der Waals surface area contributed by atoms with Crippen LogP contribution in [0.3, 0.4) is 0 Å². The van der Waals surface area contributed by atoms with Crippen LogP contribution in [0.4, 0.5) is 14.5 Å². The SMILES string of the molecule is CCC1C(=O)NC(=O)CN1c1c(F)cc(CN)cc1F. The molecule has 1 fully saturated rings. The number of piperazine rings is 1. The number of rotatable bonds is 3. The van der Waals surface area contributed by atoms with Crippen LogP contribution >= 0.6 is 0 Å². The molecule has 1 aromatic carbocycles. The van der Waals surface area contributed by atoms with Crippen LogP contribution < -0.4 is 16.0 Å². The van der Waals surface area contributed by atoms with Crippen molar-refractivity contribution in [2.45, 2.75) is 25.9 Å². The van der Waals surface area contributed by atoms with Gasteiger partial charge in [-0.1, -0.05) is 6.92 Å². The number of imide groups is 1. The van der Waals surface area contributed by atoms with Crippen LogP contribution in [-0.2, 0) is 16.1 Å². The zero-order valence-corrected chi connectivity index (χ0v) is 11.0. The molecule has 0 saturated carbocycles. The van der Waals surface area contributed by atoms with Gasteiger partial charge in [-0.05, 0) is 24.1 Å². The Morgan fingerprint density at radius 1 is 1.35 bits per heavy atom. The largest absolute Gasteiger partial charge is 0.345 e. The molecule has 1 atom stereocenters. The first-order chi connectivity index (χ1) is 9.47. The van der Waals surface area contributed by atoms with Crippen LogP contribution in [0.5, 0.6) is 0 Å². The summed E-state index contributed by atoms with van der Waals surface area (Å²) in [6.07, 6.45) is 0.330. The maximum Gasteiger partial charge on any atom is 0.249 e. The monoisotopic (exact) mass is 283 g/mol. The first-order valence-electron chi connectivity index (χ1n) is 6.26. The van der Waals surface area contributed by atoms with Gasteiger partial charge in [0.05, 0.1) is 6.54 Å². The van der Waals surface area contributed by atoms with E-state index in [1.54, 1.807) is 6.92 Å². The lowest BCUT2D eigenvalue weighted by molar-refractivity contribution is -0.132. The van der Waals surface area contributed by atoms with Crippen LogP contribution in [0.15, 0.2) is 12.1 Å². The second kappa shape index (κ2) is 5.54. The minimum Gasteiger partial charge on any atom is -0.345 e. The van der Waals surface area contributed by atoms with Gasteiger partial charge < -0.3 is 10.6 Å². The second-order valence-corrected chi connectivity index (χ2v) is 4.58. The van der Waals surface area contributed by atoms with Gasteiger partial charge in [0, 0.05) is 6.54 Å². The van der Waals surface area contributed by atoms with Crippen molar-refractivity contribution in [1.82, 2.24) is 5.32 Å². The molecule has 0 spiro atoms. The van der Waals surface area contributed by atoms with Gasteiger partial charge in [-0.2, -0.15) is 0 Å². The Balaban J connectivity index is 2.48. The van der Waals surface area contributed by atoms with E-state index in [9.17, 15) is 18.4 Å². The molecule has 2 rings (SSSR count). The molecule has 20 heavy (non-hydrogen) atoms. The average molecular weight is 283 g/mol. The summed E-state index contributed by atoms with van der Waals surface area (Å²) in [6.45, 7) is 1.45. The topological polar surface area (TPSA) is 75.4 Å². The third-order valence-electron chi connectivity index (χ3n) is 3.24. The number of anilines is 1. The molecule has 1 aliphatic heterocycles. The minimum absolute atomic E-state index is 0.00471. The zero-order valence-electron chi connectivity index (χ0n) is 11.0. The fourth-order valence-corrected chi connectivity index (χ4v) is 2.32. The maximum atomic E-state index is 14.1. The highest BCUT2D eigenvalue weighted by atomic mass is 19.1. The van der Waals surface area contributed by atoms with Crippen molar-refractivity contribution in [3.8, 4) is 0 Å². The van der Waals surface area contributed by atoms with E-state index < -0.39 is 29.5 Å². The molecule has 1 unspecified atom stereocenters. The van der Waals surface area contributed by atoms with Gasteiger partial charge in [0.25, 0.3) is 0 Å². The molecule has 3 N–H and O–H groups in total. The summed E-state index contributed by atoms with van der Waals surface area (Å²) >= 11 is 0. The molecule has 5 nitrogen and oxygen atoms in total. The standard InChI is InChI=1S/C13H15F2N3O2/c1-2-10-13(20)17-11(19)6-18(10)12-8(14)3-7(5-16)4-9(12)15/h3-4,10H,2,5-6,16H2,1H3,(H,17,19,20). The summed E-state index contributed by atoms with van der Waals surface area (Å²) < 4.78 is 28.1. The molecular weight excluding hydrogens is 268 g/mol. The molecule has 1 saturated heterocycles. The highest BCUT2D eigenvalue weighted by molar-refractivity contribution is 6.04.